The molecule has 2 fully saturated rings. The van der Waals surface area contributed by atoms with Crippen LogP contribution in [-0.4, -0.2) is 29.7 Å². The van der Waals surface area contributed by atoms with Gasteiger partial charge in [-0.2, -0.15) is 0 Å². The lowest BCUT2D eigenvalue weighted by Gasteiger charge is -2.52. The molecule has 0 unspecified atom stereocenters. The SMILES string of the molecule is C=C1CCC2(CC1)CN(C(=O)OC(C)(C)C)C2. The number of carbonyl (C=O) groups excluding carboxylic acids is 1. The third kappa shape index (κ3) is 2.82. The second-order valence-electron chi connectivity index (χ2n) is 6.59. The van der Waals surface area contributed by atoms with Gasteiger partial charge in [-0.15, -0.1) is 0 Å². The molecule has 0 aromatic rings. The first-order valence-corrected chi connectivity index (χ1v) is 6.44. The van der Waals surface area contributed by atoms with Crippen LogP contribution in [0.2, 0.25) is 0 Å². The van der Waals surface area contributed by atoms with Gasteiger partial charge in [0.25, 0.3) is 0 Å². The molecule has 1 saturated carbocycles. The van der Waals surface area contributed by atoms with Gasteiger partial charge in [0.05, 0.1) is 0 Å². The van der Waals surface area contributed by atoms with E-state index in [4.69, 9.17) is 4.74 Å². The van der Waals surface area contributed by atoms with Gasteiger partial charge in [0, 0.05) is 18.5 Å². The second-order valence-corrected chi connectivity index (χ2v) is 6.59. The highest BCUT2D eigenvalue weighted by Gasteiger charge is 2.46. The van der Waals surface area contributed by atoms with Crippen LogP contribution in [0.25, 0.3) is 0 Å². The number of allylic oxidation sites excluding steroid dienone is 1. The molecule has 0 N–H and O–H groups in total. The van der Waals surface area contributed by atoms with Crippen LogP contribution in [-0.2, 0) is 4.74 Å². The van der Waals surface area contributed by atoms with Gasteiger partial charge >= 0.3 is 6.09 Å². The first kappa shape index (κ1) is 12.5. The Kier molecular flexibility index (Phi) is 2.96. The van der Waals surface area contributed by atoms with E-state index in [1.807, 2.05) is 25.7 Å². The number of nitrogens with zero attached hydrogens (tertiary/aromatic N) is 1. The number of ether oxygens (including phenoxy) is 1. The van der Waals surface area contributed by atoms with Crippen LogP contribution in [0.4, 0.5) is 4.79 Å². The summed E-state index contributed by atoms with van der Waals surface area (Å²) >= 11 is 0. The van der Waals surface area contributed by atoms with E-state index >= 15 is 0 Å². The molecule has 1 saturated heterocycles. The summed E-state index contributed by atoms with van der Waals surface area (Å²) in [6, 6.07) is 0. The average Bonchev–Trinajstić information content (AvgIpc) is 2.13. The summed E-state index contributed by atoms with van der Waals surface area (Å²) in [7, 11) is 0. The zero-order valence-corrected chi connectivity index (χ0v) is 11.2. The molecule has 1 spiro atoms. The second kappa shape index (κ2) is 4.04. The molecule has 0 atom stereocenters. The Labute approximate surface area is 104 Å². The highest BCUT2D eigenvalue weighted by atomic mass is 16.6. The first-order valence-electron chi connectivity index (χ1n) is 6.44. The lowest BCUT2D eigenvalue weighted by molar-refractivity contribution is -0.0444. The Balaban J connectivity index is 1.82. The molecule has 2 rings (SSSR count). The van der Waals surface area contributed by atoms with E-state index < -0.39 is 0 Å². The summed E-state index contributed by atoms with van der Waals surface area (Å²) in [6.07, 6.45) is 4.47. The van der Waals surface area contributed by atoms with Crippen molar-refractivity contribution in [1.29, 1.82) is 0 Å². The summed E-state index contributed by atoms with van der Waals surface area (Å²) in [6.45, 7) is 11.5. The lowest BCUT2D eigenvalue weighted by atomic mass is 9.68. The van der Waals surface area contributed by atoms with Crippen LogP contribution in [0, 0.1) is 5.41 Å². The molecular formula is C14H23NO2. The van der Waals surface area contributed by atoms with Crippen LogP contribution in [0.5, 0.6) is 0 Å². The standard InChI is InChI=1S/C14H23NO2/c1-11-5-7-14(8-6-11)9-15(10-14)12(16)17-13(2,3)4/h1,5-10H2,2-4H3. The number of hydrogen-bond acceptors (Lipinski definition) is 2. The molecular weight excluding hydrogens is 214 g/mol. The predicted octanol–water partition coefficient (Wildman–Crippen LogP) is 3.35. The molecule has 1 heterocycles. The number of amides is 1. The quantitative estimate of drug-likeness (QED) is 0.605. The molecule has 0 aromatic heterocycles. The van der Waals surface area contributed by atoms with Gasteiger partial charge in [-0.1, -0.05) is 12.2 Å². The third-order valence-corrected chi connectivity index (χ3v) is 3.72. The maximum atomic E-state index is 11.8. The Morgan fingerprint density at radius 2 is 1.82 bits per heavy atom. The topological polar surface area (TPSA) is 29.5 Å². The maximum absolute atomic E-state index is 11.8. The molecule has 17 heavy (non-hydrogen) atoms. The fourth-order valence-corrected chi connectivity index (χ4v) is 2.67. The summed E-state index contributed by atoms with van der Waals surface area (Å²) in [4.78, 5) is 13.7. The van der Waals surface area contributed by atoms with Crippen LogP contribution >= 0.6 is 0 Å². The number of carbonyl (C=O) groups is 1. The highest BCUT2D eigenvalue weighted by Crippen LogP contribution is 2.45. The largest absolute Gasteiger partial charge is 0.444 e. The van der Waals surface area contributed by atoms with Crippen molar-refractivity contribution in [2.24, 2.45) is 5.41 Å². The maximum Gasteiger partial charge on any atom is 0.410 e. The fraction of sp³-hybridized carbons (Fsp3) is 0.786. The number of likely N-dealkylation sites (tertiary alicyclic amines) is 1. The van der Waals surface area contributed by atoms with Gasteiger partial charge in [0.2, 0.25) is 0 Å². The lowest BCUT2D eigenvalue weighted by Crippen LogP contribution is -2.59. The Morgan fingerprint density at radius 3 is 2.29 bits per heavy atom. The van der Waals surface area contributed by atoms with E-state index in [1.54, 1.807) is 0 Å². The highest BCUT2D eigenvalue weighted by molar-refractivity contribution is 5.69. The molecule has 2 aliphatic rings. The number of hydrogen-bond donors (Lipinski definition) is 0. The smallest absolute Gasteiger partial charge is 0.410 e. The van der Waals surface area contributed by atoms with Crippen molar-refractivity contribution in [2.45, 2.75) is 52.1 Å². The van der Waals surface area contributed by atoms with Gasteiger partial charge in [0.1, 0.15) is 5.60 Å². The van der Waals surface area contributed by atoms with Crippen molar-refractivity contribution in [3.05, 3.63) is 12.2 Å². The monoisotopic (exact) mass is 237 g/mol. The molecule has 0 radical (unpaired) electrons. The van der Waals surface area contributed by atoms with E-state index in [0.29, 0.717) is 5.41 Å². The van der Waals surface area contributed by atoms with Crippen molar-refractivity contribution in [1.82, 2.24) is 4.90 Å². The zero-order valence-electron chi connectivity index (χ0n) is 11.2. The number of rotatable bonds is 0. The van der Waals surface area contributed by atoms with Gasteiger partial charge in [-0.3, -0.25) is 0 Å². The average molecular weight is 237 g/mol. The summed E-state index contributed by atoms with van der Waals surface area (Å²) in [5.41, 5.74) is 1.35. The molecule has 1 aliphatic carbocycles. The summed E-state index contributed by atoms with van der Waals surface area (Å²) < 4.78 is 5.37. The molecule has 0 aromatic carbocycles. The van der Waals surface area contributed by atoms with Crippen LogP contribution in [0.1, 0.15) is 46.5 Å². The van der Waals surface area contributed by atoms with Crippen molar-refractivity contribution < 1.29 is 9.53 Å². The normalized spacial score (nSPS) is 23.5. The first-order chi connectivity index (χ1) is 7.80. The van der Waals surface area contributed by atoms with Crippen molar-refractivity contribution in [2.75, 3.05) is 13.1 Å². The van der Waals surface area contributed by atoms with Crippen LogP contribution in [0.15, 0.2) is 12.2 Å². The third-order valence-electron chi connectivity index (χ3n) is 3.72. The molecule has 1 amide bonds. The van der Waals surface area contributed by atoms with Crippen molar-refractivity contribution in [3.63, 3.8) is 0 Å². The Bertz CT molecular complexity index is 323. The molecule has 3 nitrogen and oxygen atoms in total. The van der Waals surface area contributed by atoms with Crippen LogP contribution in [0.3, 0.4) is 0 Å². The molecule has 0 bridgehead atoms. The van der Waals surface area contributed by atoms with E-state index in [2.05, 4.69) is 6.58 Å². The van der Waals surface area contributed by atoms with Crippen LogP contribution < -0.4 is 0 Å². The van der Waals surface area contributed by atoms with E-state index in [9.17, 15) is 4.79 Å². The van der Waals surface area contributed by atoms with Gasteiger partial charge in [-0.25, -0.2) is 4.79 Å². The Hall–Kier alpha value is -0.990. The molecule has 3 heteroatoms. The zero-order chi connectivity index (χ0) is 12.7. The minimum atomic E-state index is -0.388. The molecule has 96 valence electrons. The van der Waals surface area contributed by atoms with E-state index in [0.717, 1.165) is 25.9 Å². The van der Waals surface area contributed by atoms with E-state index in [-0.39, 0.29) is 11.7 Å². The fourth-order valence-electron chi connectivity index (χ4n) is 2.67. The van der Waals surface area contributed by atoms with Gasteiger partial charge in [-0.05, 0) is 46.5 Å². The van der Waals surface area contributed by atoms with Gasteiger partial charge < -0.3 is 9.64 Å². The molecule has 1 aliphatic heterocycles. The minimum absolute atomic E-state index is 0.160. The van der Waals surface area contributed by atoms with Gasteiger partial charge in [0.15, 0.2) is 0 Å². The van der Waals surface area contributed by atoms with Crippen molar-refractivity contribution in [3.8, 4) is 0 Å². The Morgan fingerprint density at radius 1 is 1.29 bits per heavy atom. The van der Waals surface area contributed by atoms with Crippen molar-refractivity contribution >= 4 is 6.09 Å². The summed E-state index contributed by atoms with van der Waals surface area (Å²) in [5.74, 6) is 0. The predicted molar refractivity (Wildman–Crippen MR) is 67.8 cm³/mol. The van der Waals surface area contributed by atoms with E-state index in [1.165, 1.54) is 18.4 Å². The summed E-state index contributed by atoms with van der Waals surface area (Å²) in [5, 5.41) is 0. The minimum Gasteiger partial charge on any atom is -0.444 e.